The lowest BCUT2D eigenvalue weighted by Gasteiger charge is -2.26. The van der Waals surface area contributed by atoms with Crippen LogP contribution >= 0.6 is 0 Å². The highest BCUT2D eigenvalue weighted by Crippen LogP contribution is 2.21. The number of carbonyl (C=O) groups is 2. The van der Waals surface area contributed by atoms with Crippen LogP contribution < -0.4 is 4.90 Å². The van der Waals surface area contributed by atoms with E-state index in [0.29, 0.717) is 6.42 Å². The molecule has 1 aromatic carbocycles. The lowest BCUT2D eigenvalue weighted by Crippen LogP contribution is -2.40. The Bertz CT molecular complexity index is 753. The minimum absolute atomic E-state index is 0.0305. The largest absolute Gasteiger partial charge is 0.342 e. The standard InChI is InChI=1S/C18H26N2O4S/c1-13-9-14(2)11-17(10-13)20(15(3)21)7-5-18(22)19(4)16-6-8-25(23,24)12-16/h9-11,16H,5-8,12H2,1-4H3. The van der Waals surface area contributed by atoms with Crippen molar-refractivity contribution in [2.75, 3.05) is 30.0 Å². The van der Waals surface area contributed by atoms with Crippen molar-refractivity contribution < 1.29 is 18.0 Å². The van der Waals surface area contributed by atoms with Gasteiger partial charge in [0.05, 0.1) is 11.5 Å². The van der Waals surface area contributed by atoms with E-state index in [0.717, 1.165) is 16.8 Å². The summed E-state index contributed by atoms with van der Waals surface area (Å²) in [5, 5.41) is 0. The predicted octanol–water partition coefficient (Wildman–Crippen LogP) is 1.69. The van der Waals surface area contributed by atoms with Crippen molar-refractivity contribution >= 4 is 27.3 Å². The summed E-state index contributed by atoms with van der Waals surface area (Å²) in [5.41, 5.74) is 2.89. The number of nitrogens with zero attached hydrogens (tertiary/aromatic N) is 2. The first-order valence-corrected chi connectivity index (χ1v) is 10.2. The molecule has 1 heterocycles. The van der Waals surface area contributed by atoms with Crippen molar-refractivity contribution in [3.63, 3.8) is 0 Å². The topological polar surface area (TPSA) is 74.8 Å². The van der Waals surface area contributed by atoms with E-state index >= 15 is 0 Å². The summed E-state index contributed by atoms with van der Waals surface area (Å²) in [6.45, 7) is 5.69. The van der Waals surface area contributed by atoms with E-state index < -0.39 is 9.84 Å². The van der Waals surface area contributed by atoms with Gasteiger partial charge in [-0.1, -0.05) is 6.07 Å². The van der Waals surface area contributed by atoms with Crippen LogP contribution in [0.5, 0.6) is 0 Å². The number of carbonyl (C=O) groups excluding carboxylic acids is 2. The lowest BCUT2D eigenvalue weighted by atomic mass is 10.1. The Morgan fingerprint density at radius 2 is 1.76 bits per heavy atom. The van der Waals surface area contributed by atoms with E-state index in [2.05, 4.69) is 0 Å². The highest BCUT2D eigenvalue weighted by Gasteiger charge is 2.32. The zero-order chi connectivity index (χ0) is 18.8. The van der Waals surface area contributed by atoms with Gasteiger partial charge < -0.3 is 9.80 Å². The molecule has 6 nitrogen and oxygen atoms in total. The Labute approximate surface area is 149 Å². The third kappa shape index (κ3) is 5.04. The van der Waals surface area contributed by atoms with Crippen LogP contribution in [0.2, 0.25) is 0 Å². The molecule has 0 saturated carbocycles. The van der Waals surface area contributed by atoms with Crippen molar-refractivity contribution in [2.24, 2.45) is 0 Å². The number of hydrogen-bond acceptors (Lipinski definition) is 4. The zero-order valence-corrected chi connectivity index (χ0v) is 16.1. The molecule has 2 amide bonds. The number of sulfone groups is 1. The Balaban J connectivity index is 2.03. The highest BCUT2D eigenvalue weighted by atomic mass is 32.2. The maximum Gasteiger partial charge on any atom is 0.224 e. The zero-order valence-electron chi connectivity index (χ0n) is 15.3. The van der Waals surface area contributed by atoms with Crippen LogP contribution in [-0.4, -0.2) is 56.3 Å². The molecule has 1 unspecified atom stereocenters. The summed E-state index contributed by atoms with van der Waals surface area (Å²) >= 11 is 0. The van der Waals surface area contributed by atoms with Crippen LogP contribution in [0.3, 0.4) is 0 Å². The Kier molecular flexibility index (Phi) is 5.87. The molecule has 0 aliphatic carbocycles. The average molecular weight is 366 g/mol. The van der Waals surface area contributed by atoms with E-state index in [9.17, 15) is 18.0 Å². The van der Waals surface area contributed by atoms with E-state index in [-0.39, 0.29) is 42.3 Å². The molecule has 25 heavy (non-hydrogen) atoms. The molecule has 0 aromatic heterocycles. The summed E-state index contributed by atoms with van der Waals surface area (Å²) in [7, 11) is -1.39. The predicted molar refractivity (Wildman–Crippen MR) is 98.4 cm³/mol. The summed E-state index contributed by atoms with van der Waals surface area (Å²) < 4.78 is 23.2. The quantitative estimate of drug-likeness (QED) is 0.795. The Morgan fingerprint density at radius 1 is 1.16 bits per heavy atom. The Hall–Kier alpha value is -1.89. The molecule has 7 heteroatoms. The molecule has 1 atom stereocenters. The second-order valence-corrected chi connectivity index (χ2v) is 9.06. The summed E-state index contributed by atoms with van der Waals surface area (Å²) in [6.07, 6.45) is 0.650. The van der Waals surface area contributed by atoms with Gasteiger partial charge in [0.2, 0.25) is 11.8 Å². The second-order valence-electron chi connectivity index (χ2n) is 6.83. The van der Waals surface area contributed by atoms with E-state index in [4.69, 9.17) is 0 Å². The number of amides is 2. The summed E-state index contributed by atoms with van der Waals surface area (Å²) in [4.78, 5) is 27.6. The molecule has 0 spiro atoms. The van der Waals surface area contributed by atoms with Gasteiger partial charge in [0, 0.05) is 38.7 Å². The van der Waals surface area contributed by atoms with Crippen LogP contribution in [0.25, 0.3) is 0 Å². The molecule has 0 radical (unpaired) electrons. The smallest absolute Gasteiger partial charge is 0.224 e. The molecule has 1 fully saturated rings. The maximum atomic E-state index is 12.4. The van der Waals surface area contributed by atoms with Gasteiger partial charge in [-0.15, -0.1) is 0 Å². The van der Waals surface area contributed by atoms with Crippen LogP contribution in [0.15, 0.2) is 18.2 Å². The first-order valence-electron chi connectivity index (χ1n) is 8.41. The maximum absolute atomic E-state index is 12.4. The van der Waals surface area contributed by atoms with E-state index in [1.54, 1.807) is 11.9 Å². The third-order valence-corrected chi connectivity index (χ3v) is 6.35. The number of anilines is 1. The molecular weight excluding hydrogens is 340 g/mol. The van der Waals surface area contributed by atoms with Crippen molar-refractivity contribution in [1.29, 1.82) is 0 Å². The van der Waals surface area contributed by atoms with Gasteiger partial charge in [0.25, 0.3) is 0 Å². The highest BCUT2D eigenvalue weighted by molar-refractivity contribution is 7.91. The molecule has 2 rings (SSSR count). The lowest BCUT2D eigenvalue weighted by molar-refractivity contribution is -0.131. The third-order valence-electron chi connectivity index (χ3n) is 4.60. The Morgan fingerprint density at radius 3 is 2.24 bits per heavy atom. The molecule has 0 bridgehead atoms. The van der Waals surface area contributed by atoms with Crippen LogP contribution in [0, 0.1) is 13.8 Å². The first kappa shape index (κ1) is 19.4. The van der Waals surface area contributed by atoms with Crippen LogP contribution in [0.1, 0.15) is 30.9 Å². The van der Waals surface area contributed by atoms with Gasteiger partial charge in [0.1, 0.15) is 0 Å². The minimum Gasteiger partial charge on any atom is -0.342 e. The number of rotatable bonds is 5. The second kappa shape index (κ2) is 7.56. The van der Waals surface area contributed by atoms with Crippen LogP contribution in [0.4, 0.5) is 5.69 Å². The monoisotopic (exact) mass is 366 g/mol. The van der Waals surface area contributed by atoms with Gasteiger partial charge >= 0.3 is 0 Å². The van der Waals surface area contributed by atoms with Crippen molar-refractivity contribution in [2.45, 2.75) is 39.7 Å². The van der Waals surface area contributed by atoms with Gasteiger partial charge in [-0.3, -0.25) is 9.59 Å². The normalized spacial score (nSPS) is 18.8. The molecule has 138 valence electrons. The van der Waals surface area contributed by atoms with E-state index in [1.165, 1.54) is 11.8 Å². The molecular formula is C18H26N2O4S. The molecule has 0 N–H and O–H groups in total. The fourth-order valence-corrected chi connectivity index (χ4v) is 5.02. The SMILES string of the molecule is CC(=O)N(CCC(=O)N(C)C1CCS(=O)(=O)C1)c1cc(C)cc(C)c1. The number of benzene rings is 1. The van der Waals surface area contributed by atoms with Gasteiger partial charge in [-0.25, -0.2) is 8.42 Å². The van der Waals surface area contributed by atoms with Gasteiger partial charge in [0.15, 0.2) is 9.84 Å². The minimum atomic E-state index is -3.03. The molecule has 1 aliphatic rings. The summed E-state index contributed by atoms with van der Waals surface area (Å²) in [6, 6.07) is 5.61. The molecule has 1 aliphatic heterocycles. The van der Waals surface area contributed by atoms with Crippen molar-refractivity contribution in [1.82, 2.24) is 4.90 Å². The van der Waals surface area contributed by atoms with Crippen molar-refractivity contribution in [3.05, 3.63) is 29.3 Å². The molecule has 1 aromatic rings. The first-order chi connectivity index (χ1) is 11.6. The van der Waals surface area contributed by atoms with Crippen molar-refractivity contribution in [3.8, 4) is 0 Å². The fraction of sp³-hybridized carbons (Fsp3) is 0.556. The van der Waals surface area contributed by atoms with Gasteiger partial charge in [-0.2, -0.15) is 0 Å². The van der Waals surface area contributed by atoms with Gasteiger partial charge in [-0.05, 0) is 43.5 Å². The fourth-order valence-electron chi connectivity index (χ4n) is 3.24. The summed E-state index contributed by atoms with van der Waals surface area (Å²) in [5.74, 6) is -0.0956. The number of hydrogen-bond donors (Lipinski definition) is 0. The average Bonchev–Trinajstić information content (AvgIpc) is 2.85. The van der Waals surface area contributed by atoms with Crippen LogP contribution in [-0.2, 0) is 19.4 Å². The number of aryl methyl sites for hydroxylation is 2. The van der Waals surface area contributed by atoms with E-state index in [1.807, 2.05) is 32.0 Å². The molecule has 1 saturated heterocycles.